The van der Waals surface area contributed by atoms with Crippen LogP contribution in [0.1, 0.15) is 38.2 Å². The summed E-state index contributed by atoms with van der Waals surface area (Å²) in [6.45, 7) is 2.70. The number of hydrogen-bond donors (Lipinski definition) is 2. The van der Waals surface area contributed by atoms with Crippen molar-refractivity contribution in [2.75, 3.05) is 12.8 Å². The molecule has 0 saturated heterocycles. The number of guanidine groups is 1. The molecule has 0 bridgehead atoms. The van der Waals surface area contributed by atoms with Gasteiger partial charge in [-0.2, -0.15) is 0 Å². The van der Waals surface area contributed by atoms with Crippen LogP contribution in [-0.4, -0.2) is 39.2 Å². The van der Waals surface area contributed by atoms with E-state index in [0.717, 1.165) is 48.7 Å². The molecule has 3 rings (SSSR count). The number of nitrogens with zero attached hydrogens (tertiary/aromatic N) is 2. The topological polar surface area (TPSA) is 66.4 Å². The third kappa shape index (κ3) is 5.64. The molecule has 3 atom stereocenters. The van der Waals surface area contributed by atoms with Gasteiger partial charge in [-0.15, -0.1) is 0 Å². The Hall–Kier alpha value is -2.21. The van der Waals surface area contributed by atoms with Crippen molar-refractivity contribution in [2.45, 2.75) is 50.4 Å². The molecule has 0 amide bonds. The molecular formula is C22H30N4OS. The highest BCUT2D eigenvalue weighted by molar-refractivity contribution is 7.85. The summed E-state index contributed by atoms with van der Waals surface area (Å²) in [7, 11) is 1.08. The van der Waals surface area contributed by atoms with Gasteiger partial charge in [0.1, 0.15) is 0 Å². The number of benzene rings is 1. The first kappa shape index (κ1) is 20.5. The quantitative estimate of drug-likeness (QED) is 0.577. The lowest BCUT2D eigenvalue weighted by Gasteiger charge is -2.30. The molecule has 2 N–H and O–H groups in total. The summed E-state index contributed by atoms with van der Waals surface area (Å²) in [4.78, 5) is 8.80. The molecule has 28 heavy (non-hydrogen) atoms. The number of hydrogen-bond acceptors (Lipinski definition) is 3. The van der Waals surface area contributed by atoms with E-state index in [2.05, 4.69) is 44.9 Å². The smallest absolute Gasteiger partial charge is 0.191 e. The monoisotopic (exact) mass is 398 g/mol. The van der Waals surface area contributed by atoms with E-state index in [1.165, 1.54) is 5.56 Å². The number of aliphatic imine (C=N–C) groups is 1. The molecule has 2 aromatic rings. The molecular weight excluding hydrogens is 368 g/mol. The SMILES string of the molecule is CCS(=O)C1CCCC(NC(=NC)NCc2cccc(-c3ccccn3)c2)C1. The Labute approximate surface area is 170 Å². The Bertz CT molecular complexity index is 809. The van der Waals surface area contributed by atoms with Gasteiger partial charge in [-0.1, -0.05) is 37.6 Å². The fourth-order valence-corrected chi connectivity index (χ4v) is 5.05. The first-order valence-electron chi connectivity index (χ1n) is 10.0. The number of nitrogens with one attached hydrogen (secondary N) is 2. The number of rotatable bonds is 6. The van der Waals surface area contributed by atoms with Crippen molar-refractivity contribution in [2.24, 2.45) is 4.99 Å². The molecule has 1 fully saturated rings. The first-order valence-corrected chi connectivity index (χ1v) is 11.4. The van der Waals surface area contributed by atoms with Gasteiger partial charge in [0.2, 0.25) is 0 Å². The van der Waals surface area contributed by atoms with Gasteiger partial charge < -0.3 is 10.6 Å². The van der Waals surface area contributed by atoms with Crippen LogP contribution in [0.25, 0.3) is 11.3 Å². The van der Waals surface area contributed by atoms with Crippen molar-refractivity contribution in [3.8, 4) is 11.3 Å². The third-order valence-corrected chi connectivity index (χ3v) is 6.94. The van der Waals surface area contributed by atoms with Gasteiger partial charge in [0.05, 0.1) is 5.69 Å². The second-order valence-corrected chi connectivity index (χ2v) is 9.15. The lowest BCUT2D eigenvalue weighted by molar-refractivity contribution is 0.413. The lowest BCUT2D eigenvalue weighted by atomic mass is 9.95. The van der Waals surface area contributed by atoms with Crippen molar-refractivity contribution in [3.63, 3.8) is 0 Å². The van der Waals surface area contributed by atoms with E-state index in [9.17, 15) is 4.21 Å². The Balaban J connectivity index is 1.57. The van der Waals surface area contributed by atoms with Crippen molar-refractivity contribution >= 4 is 16.8 Å². The highest BCUT2D eigenvalue weighted by atomic mass is 32.2. The molecule has 1 aliphatic rings. The van der Waals surface area contributed by atoms with Crippen molar-refractivity contribution in [1.29, 1.82) is 0 Å². The zero-order chi connectivity index (χ0) is 19.8. The fraction of sp³-hybridized carbons (Fsp3) is 0.455. The summed E-state index contributed by atoms with van der Waals surface area (Å²) >= 11 is 0. The van der Waals surface area contributed by atoms with E-state index in [1.54, 1.807) is 7.05 Å². The molecule has 5 nitrogen and oxygen atoms in total. The zero-order valence-corrected chi connectivity index (χ0v) is 17.5. The first-order chi connectivity index (χ1) is 13.7. The largest absolute Gasteiger partial charge is 0.354 e. The minimum absolute atomic E-state index is 0.310. The van der Waals surface area contributed by atoms with Gasteiger partial charge in [0.25, 0.3) is 0 Å². The van der Waals surface area contributed by atoms with Crippen LogP contribution >= 0.6 is 0 Å². The van der Waals surface area contributed by atoms with Gasteiger partial charge in [-0.05, 0) is 43.0 Å². The predicted molar refractivity (Wildman–Crippen MR) is 118 cm³/mol. The van der Waals surface area contributed by atoms with Gasteiger partial charge in [0, 0.05) is 53.2 Å². The highest BCUT2D eigenvalue weighted by Crippen LogP contribution is 2.23. The van der Waals surface area contributed by atoms with Crippen LogP contribution in [0.3, 0.4) is 0 Å². The summed E-state index contributed by atoms with van der Waals surface area (Å²) < 4.78 is 12.2. The average Bonchev–Trinajstić information content (AvgIpc) is 2.77. The molecule has 1 aromatic heterocycles. The maximum absolute atomic E-state index is 12.2. The second kappa shape index (κ2) is 10.4. The Morgan fingerprint density at radius 1 is 1.25 bits per heavy atom. The van der Waals surface area contributed by atoms with Crippen molar-refractivity contribution in [3.05, 3.63) is 54.2 Å². The Morgan fingerprint density at radius 3 is 2.89 bits per heavy atom. The molecule has 1 aromatic carbocycles. The van der Waals surface area contributed by atoms with E-state index < -0.39 is 10.8 Å². The van der Waals surface area contributed by atoms with E-state index >= 15 is 0 Å². The van der Waals surface area contributed by atoms with Gasteiger partial charge in [-0.3, -0.25) is 14.2 Å². The predicted octanol–water partition coefficient (Wildman–Crippen LogP) is 3.49. The van der Waals surface area contributed by atoms with E-state index in [1.807, 2.05) is 31.3 Å². The maximum Gasteiger partial charge on any atom is 0.191 e. The molecule has 0 spiro atoms. The second-order valence-electron chi connectivity index (χ2n) is 7.14. The molecule has 1 saturated carbocycles. The lowest BCUT2D eigenvalue weighted by Crippen LogP contribution is -2.46. The number of pyridine rings is 1. The maximum atomic E-state index is 12.2. The summed E-state index contributed by atoms with van der Waals surface area (Å²) in [6, 6.07) is 14.7. The van der Waals surface area contributed by atoms with E-state index in [0.29, 0.717) is 17.8 Å². The average molecular weight is 399 g/mol. The molecule has 1 aliphatic carbocycles. The fourth-order valence-electron chi connectivity index (χ4n) is 3.70. The molecule has 150 valence electrons. The van der Waals surface area contributed by atoms with Crippen molar-refractivity contribution in [1.82, 2.24) is 15.6 Å². The van der Waals surface area contributed by atoms with Crippen LogP contribution in [0, 0.1) is 0 Å². The van der Waals surface area contributed by atoms with Crippen LogP contribution in [0.4, 0.5) is 0 Å². The van der Waals surface area contributed by atoms with Gasteiger partial charge in [-0.25, -0.2) is 0 Å². The van der Waals surface area contributed by atoms with Crippen LogP contribution in [-0.2, 0) is 17.3 Å². The molecule has 0 aliphatic heterocycles. The summed E-state index contributed by atoms with van der Waals surface area (Å²) in [5.74, 6) is 1.55. The van der Waals surface area contributed by atoms with Crippen LogP contribution in [0.15, 0.2) is 53.7 Å². The third-order valence-electron chi connectivity index (χ3n) is 5.19. The minimum atomic E-state index is -0.711. The molecule has 1 heterocycles. The van der Waals surface area contributed by atoms with Crippen LogP contribution in [0.2, 0.25) is 0 Å². The standard InChI is InChI=1S/C22H30N4OS/c1-3-28(27)20-11-7-10-19(15-20)26-22(23-2)25-16-17-8-6-9-18(14-17)21-12-4-5-13-24-21/h4-6,8-9,12-14,19-20H,3,7,10-11,15-16H2,1-2H3,(H2,23,25,26). The number of aromatic nitrogens is 1. The van der Waals surface area contributed by atoms with E-state index in [-0.39, 0.29) is 0 Å². The molecule has 3 unspecified atom stereocenters. The Morgan fingerprint density at radius 2 is 2.14 bits per heavy atom. The van der Waals surface area contributed by atoms with Gasteiger partial charge in [0.15, 0.2) is 5.96 Å². The summed E-state index contributed by atoms with van der Waals surface area (Å²) in [6.07, 6.45) is 6.07. The minimum Gasteiger partial charge on any atom is -0.354 e. The summed E-state index contributed by atoms with van der Waals surface area (Å²) in [5, 5.41) is 7.25. The molecule has 0 radical (unpaired) electrons. The van der Waals surface area contributed by atoms with E-state index in [4.69, 9.17) is 0 Å². The zero-order valence-electron chi connectivity index (χ0n) is 16.7. The molecule has 6 heteroatoms. The van der Waals surface area contributed by atoms with Gasteiger partial charge >= 0.3 is 0 Å². The van der Waals surface area contributed by atoms with Crippen molar-refractivity contribution < 1.29 is 4.21 Å². The Kier molecular flexibility index (Phi) is 7.60. The normalized spacial score (nSPS) is 21.1. The highest BCUT2D eigenvalue weighted by Gasteiger charge is 2.25. The van der Waals surface area contributed by atoms with Crippen LogP contribution < -0.4 is 10.6 Å². The van der Waals surface area contributed by atoms with Crippen LogP contribution in [0.5, 0.6) is 0 Å². The summed E-state index contributed by atoms with van der Waals surface area (Å²) in [5.41, 5.74) is 3.27.